The van der Waals surface area contributed by atoms with Crippen molar-refractivity contribution in [1.29, 1.82) is 0 Å². The monoisotopic (exact) mass is 381 g/mol. The summed E-state index contributed by atoms with van der Waals surface area (Å²) < 4.78 is 5.90. The van der Waals surface area contributed by atoms with E-state index in [2.05, 4.69) is 27.3 Å². The van der Waals surface area contributed by atoms with E-state index in [1.807, 2.05) is 42.5 Å². The number of nitrogens with one attached hydrogen (secondary N) is 1. The van der Waals surface area contributed by atoms with Crippen molar-refractivity contribution in [1.82, 2.24) is 10.3 Å². The van der Waals surface area contributed by atoms with Gasteiger partial charge in [-0.1, -0.05) is 30.3 Å². The molecule has 4 rings (SSSR count). The first-order valence-electron chi connectivity index (χ1n) is 9.36. The van der Waals surface area contributed by atoms with Crippen molar-refractivity contribution in [3.63, 3.8) is 0 Å². The molecule has 0 saturated carbocycles. The minimum Gasteiger partial charge on any atom is -0.423 e. The van der Waals surface area contributed by atoms with Gasteiger partial charge in [0.05, 0.1) is 6.04 Å². The molecule has 3 aromatic rings. The molecule has 140 valence electrons. The molecule has 0 radical (unpaired) electrons. The fraction of sp³-hybridized carbons (Fsp3) is 0.333. The van der Waals surface area contributed by atoms with E-state index in [1.54, 1.807) is 11.8 Å². The van der Waals surface area contributed by atoms with Gasteiger partial charge in [-0.2, -0.15) is 4.98 Å². The third-order valence-electron chi connectivity index (χ3n) is 4.78. The molecule has 1 unspecified atom stereocenters. The number of aromatic nitrogens is 1. The molecule has 5 nitrogen and oxygen atoms in total. The summed E-state index contributed by atoms with van der Waals surface area (Å²) in [5.41, 5.74) is 1.68. The van der Waals surface area contributed by atoms with E-state index in [0.717, 1.165) is 36.2 Å². The van der Waals surface area contributed by atoms with E-state index in [-0.39, 0.29) is 11.9 Å². The number of hydrogen-bond donors (Lipinski definition) is 1. The number of rotatable bonds is 7. The average molecular weight is 382 g/mol. The number of hydrogen-bond acceptors (Lipinski definition) is 5. The van der Waals surface area contributed by atoms with Crippen LogP contribution in [0.1, 0.15) is 19.3 Å². The van der Waals surface area contributed by atoms with Gasteiger partial charge in [0, 0.05) is 30.2 Å². The highest BCUT2D eigenvalue weighted by molar-refractivity contribution is 7.99. The van der Waals surface area contributed by atoms with Crippen LogP contribution in [0.25, 0.3) is 11.1 Å². The zero-order valence-corrected chi connectivity index (χ0v) is 16.0. The minimum atomic E-state index is 0.0999. The lowest BCUT2D eigenvalue weighted by molar-refractivity contribution is -0.120. The van der Waals surface area contributed by atoms with Crippen LogP contribution in [0.15, 0.2) is 63.9 Å². The van der Waals surface area contributed by atoms with Gasteiger partial charge in [0.2, 0.25) is 5.91 Å². The maximum Gasteiger partial charge on any atom is 0.298 e. The van der Waals surface area contributed by atoms with Crippen LogP contribution in [0.4, 0.5) is 6.01 Å². The fourth-order valence-corrected chi connectivity index (χ4v) is 4.25. The van der Waals surface area contributed by atoms with Gasteiger partial charge in [-0.3, -0.25) is 4.79 Å². The number of anilines is 1. The third kappa shape index (κ3) is 4.45. The van der Waals surface area contributed by atoms with Gasteiger partial charge in [0.15, 0.2) is 5.58 Å². The molecule has 1 fully saturated rings. The van der Waals surface area contributed by atoms with Crippen molar-refractivity contribution in [2.75, 3.05) is 23.7 Å². The van der Waals surface area contributed by atoms with Crippen LogP contribution >= 0.6 is 11.8 Å². The molecular formula is C21H23N3O2S. The second-order valence-electron chi connectivity index (χ2n) is 6.67. The Morgan fingerprint density at radius 2 is 2.00 bits per heavy atom. The minimum absolute atomic E-state index is 0.0999. The van der Waals surface area contributed by atoms with Gasteiger partial charge in [-0.15, -0.1) is 11.8 Å². The summed E-state index contributed by atoms with van der Waals surface area (Å²) in [7, 11) is 0. The number of benzene rings is 2. The highest BCUT2D eigenvalue weighted by Gasteiger charge is 2.28. The van der Waals surface area contributed by atoms with E-state index in [0.29, 0.717) is 19.0 Å². The third-order valence-corrected chi connectivity index (χ3v) is 5.80. The Morgan fingerprint density at radius 1 is 1.19 bits per heavy atom. The Labute approximate surface area is 163 Å². The maximum absolute atomic E-state index is 12.2. The molecule has 1 saturated heterocycles. The predicted octanol–water partition coefficient (Wildman–Crippen LogP) is 4.10. The number of fused-ring (bicyclic) bond motifs is 1. The Morgan fingerprint density at radius 3 is 2.85 bits per heavy atom. The van der Waals surface area contributed by atoms with Crippen molar-refractivity contribution in [3.05, 3.63) is 54.6 Å². The first-order valence-corrected chi connectivity index (χ1v) is 10.3. The first-order chi connectivity index (χ1) is 13.3. The molecule has 1 N–H and O–H groups in total. The fourth-order valence-electron chi connectivity index (χ4n) is 3.38. The summed E-state index contributed by atoms with van der Waals surface area (Å²) in [6.45, 7) is 1.55. The van der Waals surface area contributed by atoms with Gasteiger partial charge >= 0.3 is 0 Å². The normalized spacial score (nSPS) is 16.7. The molecule has 2 heterocycles. The van der Waals surface area contributed by atoms with Gasteiger partial charge in [-0.25, -0.2) is 0 Å². The van der Waals surface area contributed by atoms with Crippen molar-refractivity contribution in [2.24, 2.45) is 0 Å². The molecular weight excluding hydrogens is 358 g/mol. The lowest BCUT2D eigenvalue weighted by atomic mass is 10.2. The van der Waals surface area contributed by atoms with Gasteiger partial charge in [0.1, 0.15) is 5.52 Å². The lowest BCUT2D eigenvalue weighted by Crippen LogP contribution is -2.40. The molecule has 1 amide bonds. The van der Waals surface area contributed by atoms with Crippen LogP contribution in [0, 0.1) is 0 Å². The second-order valence-corrected chi connectivity index (χ2v) is 7.84. The van der Waals surface area contributed by atoms with E-state index in [4.69, 9.17) is 4.42 Å². The molecule has 1 aromatic heterocycles. The zero-order valence-electron chi connectivity index (χ0n) is 15.1. The molecule has 2 aromatic carbocycles. The highest BCUT2D eigenvalue weighted by Crippen LogP contribution is 2.28. The zero-order chi connectivity index (χ0) is 18.5. The summed E-state index contributed by atoms with van der Waals surface area (Å²) in [5, 5.41) is 3.08. The van der Waals surface area contributed by atoms with E-state index < -0.39 is 0 Å². The maximum atomic E-state index is 12.2. The van der Waals surface area contributed by atoms with E-state index >= 15 is 0 Å². The predicted molar refractivity (Wildman–Crippen MR) is 109 cm³/mol. The van der Waals surface area contributed by atoms with Gasteiger partial charge in [0.25, 0.3) is 6.01 Å². The number of amides is 1. The Hall–Kier alpha value is -2.47. The smallest absolute Gasteiger partial charge is 0.298 e. The highest BCUT2D eigenvalue weighted by atomic mass is 32.2. The van der Waals surface area contributed by atoms with Crippen LogP contribution in [0.2, 0.25) is 0 Å². The standard InChI is InChI=1S/C21H23N3O2S/c25-20(12-14-27-17-8-2-1-3-9-17)22-15-16-7-6-13-24(16)21-23-18-10-4-5-11-19(18)26-21/h1-5,8-11,16H,6-7,12-15H2,(H,22,25). The molecule has 0 bridgehead atoms. The molecule has 1 aliphatic heterocycles. The number of carbonyl (C=O) groups excluding carboxylic acids is 1. The van der Waals surface area contributed by atoms with Crippen molar-refractivity contribution < 1.29 is 9.21 Å². The van der Waals surface area contributed by atoms with Crippen LogP contribution in [-0.4, -0.2) is 35.8 Å². The summed E-state index contributed by atoms with van der Waals surface area (Å²) in [5.74, 6) is 0.887. The van der Waals surface area contributed by atoms with Crippen LogP contribution in [0.3, 0.4) is 0 Å². The molecule has 1 atom stereocenters. The van der Waals surface area contributed by atoms with Crippen molar-refractivity contribution >= 4 is 34.8 Å². The number of carbonyl (C=O) groups is 1. The summed E-state index contributed by atoms with van der Waals surface area (Å²) in [6, 6.07) is 18.9. The Balaban J connectivity index is 1.27. The number of oxazole rings is 1. The molecule has 27 heavy (non-hydrogen) atoms. The topological polar surface area (TPSA) is 58.4 Å². The quantitative estimate of drug-likeness (QED) is 0.625. The second kappa shape index (κ2) is 8.48. The molecule has 1 aliphatic rings. The SMILES string of the molecule is O=C(CCSc1ccccc1)NCC1CCCN1c1nc2ccccc2o1. The van der Waals surface area contributed by atoms with Crippen molar-refractivity contribution in [3.8, 4) is 0 Å². The van der Waals surface area contributed by atoms with Gasteiger partial charge in [-0.05, 0) is 37.1 Å². The van der Waals surface area contributed by atoms with E-state index in [1.165, 1.54) is 4.90 Å². The van der Waals surface area contributed by atoms with Crippen LogP contribution < -0.4 is 10.2 Å². The van der Waals surface area contributed by atoms with Crippen LogP contribution in [-0.2, 0) is 4.79 Å². The Bertz CT molecular complexity index is 864. The van der Waals surface area contributed by atoms with Crippen LogP contribution in [0.5, 0.6) is 0 Å². The average Bonchev–Trinajstić information content (AvgIpc) is 3.33. The molecule has 0 spiro atoms. The largest absolute Gasteiger partial charge is 0.423 e. The number of nitrogens with zero attached hydrogens (tertiary/aromatic N) is 2. The summed E-state index contributed by atoms with van der Waals surface area (Å²) in [4.78, 5) is 20.2. The molecule has 6 heteroatoms. The lowest BCUT2D eigenvalue weighted by Gasteiger charge is -2.23. The number of para-hydroxylation sites is 2. The van der Waals surface area contributed by atoms with Crippen molar-refractivity contribution in [2.45, 2.75) is 30.2 Å². The van der Waals surface area contributed by atoms with E-state index in [9.17, 15) is 4.79 Å². The number of thioether (sulfide) groups is 1. The summed E-state index contributed by atoms with van der Waals surface area (Å²) >= 11 is 1.71. The van der Waals surface area contributed by atoms with Gasteiger partial charge < -0.3 is 14.6 Å². The summed E-state index contributed by atoms with van der Waals surface area (Å²) in [6.07, 6.45) is 2.65. The molecule has 0 aliphatic carbocycles. The Kier molecular flexibility index (Phi) is 5.63. The first kappa shape index (κ1) is 17.9.